The van der Waals surface area contributed by atoms with Gasteiger partial charge in [-0.1, -0.05) is 11.6 Å². The minimum absolute atomic E-state index is 0.0593. The number of hydrogen-bond acceptors (Lipinski definition) is 3. The second kappa shape index (κ2) is 6.29. The van der Waals surface area contributed by atoms with Gasteiger partial charge in [0.05, 0.1) is 9.92 Å². The smallest absolute Gasteiger partial charge is 0.303 e. The number of benzene rings is 1. The molecule has 21 heavy (non-hydrogen) atoms. The number of carboxylic acid groups (broad SMARTS) is 1. The molecule has 2 rings (SSSR count). The van der Waals surface area contributed by atoms with Crippen LogP contribution in [0.5, 0.6) is 0 Å². The fourth-order valence-electron chi connectivity index (χ4n) is 2.45. The predicted octanol–water partition coefficient (Wildman–Crippen LogP) is 2.35. The molecular weight excluding hydrogens is 321 g/mol. The predicted molar refractivity (Wildman–Crippen MR) is 75.1 cm³/mol. The molecule has 1 heterocycles. The third-order valence-electron chi connectivity index (χ3n) is 3.47. The molecule has 1 aromatic rings. The SMILES string of the molecule is O=C(O)CC1CCCN(S(=O)(=O)c2ccc(F)c(Cl)c2)C1. The quantitative estimate of drug-likeness (QED) is 0.916. The Morgan fingerprint density at radius 3 is 2.81 bits per heavy atom. The molecule has 116 valence electrons. The van der Waals surface area contributed by atoms with E-state index in [1.807, 2.05) is 0 Å². The molecule has 8 heteroatoms. The monoisotopic (exact) mass is 335 g/mol. The van der Waals surface area contributed by atoms with Crippen LogP contribution >= 0.6 is 11.6 Å². The highest BCUT2D eigenvalue weighted by Gasteiger charge is 2.31. The number of rotatable bonds is 4. The highest BCUT2D eigenvalue weighted by molar-refractivity contribution is 7.89. The van der Waals surface area contributed by atoms with Crippen molar-refractivity contribution in [2.24, 2.45) is 5.92 Å². The van der Waals surface area contributed by atoms with Crippen LogP contribution in [0.25, 0.3) is 0 Å². The summed E-state index contributed by atoms with van der Waals surface area (Å²) >= 11 is 5.62. The van der Waals surface area contributed by atoms with Gasteiger partial charge in [0.2, 0.25) is 10.0 Å². The van der Waals surface area contributed by atoms with Crippen molar-refractivity contribution in [3.05, 3.63) is 29.0 Å². The molecule has 0 spiro atoms. The molecular formula is C13H15ClFNO4S. The van der Waals surface area contributed by atoms with E-state index in [4.69, 9.17) is 16.7 Å². The van der Waals surface area contributed by atoms with E-state index >= 15 is 0 Å². The number of sulfonamides is 1. The van der Waals surface area contributed by atoms with Gasteiger partial charge in [-0.05, 0) is 37.0 Å². The van der Waals surface area contributed by atoms with Crippen molar-refractivity contribution in [2.45, 2.75) is 24.2 Å². The molecule has 5 nitrogen and oxygen atoms in total. The molecule has 1 unspecified atom stereocenters. The summed E-state index contributed by atoms with van der Waals surface area (Å²) in [5, 5.41) is 8.56. The van der Waals surface area contributed by atoms with Gasteiger partial charge in [0.15, 0.2) is 0 Å². The second-order valence-electron chi connectivity index (χ2n) is 5.05. The Hall–Kier alpha value is -1.18. The van der Waals surface area contributed by atoms with E-state index in [-0.39, 0.29) is 28.8 Å². The zero-order valence-corrected chi connectivity index (χ0v) is 12.7. The van der Waals surface area contributed by atoms with Gasteiger partial charge in [0.25, 0.3) is 0 Å². The molecule has 0 amide bonds. The average molecular weight is 336 g/mol. The van der Waals surface area contributed by atoms with Crippen LogP contribution in [0.1, 0.15) is 19.3 Å². The van der Waals surface area contributed by atoms with Gasteiger partial charge in [0, 0.05) is 19.5 Å². The Labute approximate surface area is 127 Å². The maximum Gasteiger partial charge on any atom is 0.303 e. The summed E-state index contributed by atoms with van der Waals surface area (Å²) in [7, 11) is -3.78. The van der Waals surface area contributed by atoms with Crippen LogP contribution in [-0.4, -0.2) is 36.9 Å². The molecule has 1 aromatic carbocycles. The molecule has 0 aliphatic carbocycles. The Balaban J connectivity index is 2.22. The average Bonchev–Trinajstić information content (AvgIpc) is 2.41. The minimum atomic E-state index is -3.78. The van der Waals surface area contributed by atoms with Crippen molar-refractivity contribution in [3.8, 4) is 0 Å². The van der Waals surface area contributed by atoms with E-state index in [2.05, 4.69) is 0 Å². The first-order valence-electron chi connectivity index (χ1n) is 6.47. The number of halogens is 2. The van der Waals surface area contributed by atoms with Crippen molar-refractivity contribution in [1.82, 2.24) is 4.31 Å². The zero-order chi connectivity index (χ0) is 15.6. The number of carbonyl (C=O) groups is 1. The third-order valence-corrected chi connectivity index (χ3v) is 5.62. The van der Waals surface area contributed by atoms with Gasteiger partial charge < -0.3 is 5.11 Å². The fourth-order valence-corrected chi connectivity index (χ4v) is 4.27. The Kier molecular flexibility index (Phi) is 4.85. The van der Waals surface area contributed by atoms with Crippen LogP contribution < -0.4 is 0 Å². The number of piperidine rings is 1. The second-order valence-corrected chi connectivity index (χ2v) is 7.39. The Morgan fingerprint density at radius 1 is 1.48 bits per heavy atom. The maximum atomic E-state index is 13.1. The van der Waals surface area contributed by atoms with Crippen LogP contribution in [0.2, 0.25) is 5.02 Å². The van der Waals surface area contributed by atoms with Gasteiger partial charge in [-0.25, -0.2) is 12.8 Å². The largest absolute Gasteiger partial charge is 0.481 e. The van der Waals surface area contributed by atoms with Crippen LogP contribution in [0.3, 0.4) is 0 Å². The van der Waals surface area contributed by atoms with E-state index in [9.17, 15) is 17.6 Å². The molecule has 1 aliphatic heterocycles. The van der Waals surface area contributed by atoms with E-state index in [1.54, 1.807) is 0 Å². The normalized spacial score (nSPS) is 20.4. The maximum absolute atomic E-state index is 13.1. The molecule has 1 fully saturated rings. The van der Waals surface area contributed by atoms with Crippen molar-refractivity contribution >= 4 is 27.6 Å². The van der Waals surface area contributed by atoms with Crippen molar-refractivity contribution in [2.75, 3.05) is 13.1 Å². The van der Waals surface area contributed by atoms with Crippen molar-refractivity contribution < 1.29 is 22.7 Å². The highest BCUT2D eigenvalue weighted by Crippen LogP contribution is 2.27. The lowest BCUT2D eigenvalue weighted by molar-refractivity contribution is -0.138. The van der Waals surface area contributed by atoms with Crippen molar-refractivity contribution in [1.29, 1.82) is 0 Å². The van der Waals surface area contributed by atoms with Crippen LogP contribution in [0.4, 0.5) is 4.39 Å². The number of carboxylic acids is 1. The summed E-state index contributed by atoms with van der Waals surface area (Å²) in [6.45, 7) is 0.483. The molecule has 0 saturated carbocycles. The standard InChI is InChI=1S/C13H15ClFNO4S/c14-11-7-10(3-4-12(11)15)21(19,20)16-5-1-2-9(8-16)6-13(17)18/h3-4,7,9H,1-2,5-6,8H2,(H,17,18). The van der Waals surface area contributed by atoms with E-state index in [0.717, 1.165) is 18.2 Å². The summed E-state index contributed by atoms with van der Waals surface area (Å²) < 4.78 is 39.3. The topological polar surface area (TPSA) is 74.7 Å². The zero-order valence-electron chi connectivity index (χ0n) is 11.1. The molecule has 1 atom stereocenters. The molecule has 0 bridgehead atoms. The molecule has 1 N–H and O–H groups in total. The number of nitrogens with zero attached hydrogens (tertiary/aromatic N) is 1. The van der Waals surface area contributed by atoms with Crippen molar-refractivity contribution in [3.63, 3.8) is 0 Å². The first-order chi connectivity index (χ1) is 9.80. The third kappa shape index (κ3) is 3.72. The summed E-state index contributed by atoms with van der Waals surface area (Å²) in [5.41, 5.74) is 0. The van der Waals surface area contributed by atoms with Crippen LogP contribution in [0.15, 0.2) is 23.1 Å². The lowest BCUT2D eigenvalue weighted by Gasteiger charge is -2.31. The number of hydrogen-bond donors (Lipinski definition) is 1. The van der Waals surface area contributed by atoms with Gasteiger partial charge in [-0.3, -0.25) is 4.79 Å². The molecule has 0 aromatic heterocycles. The summed E-state index contributed by atoms with van der Waals surface area (Å²) in [5.74, 6) is -1.83. The summed E-state index contributed by atoms with van der Waals surface area (Å²) in [6, 6.07) is 3.25. The van der Waals surface area contributed by atoms with Gasteiger partial charge in [0.1, 0.15) is 5.82 Å². The lowest BCUT2D eigenvalue weighted by Crippen LogP contribution is -2.40. The summed E-state index contributed by atoms with van der Waals surface area (Å²) in [6.07, 6.45) is 1.23. The Morgan fingerprint density at radius 2 is 2.19 bits per heavy atom. The number of aliphatic carboxylic acids is 1. The van der Waals surface area contributed by atoms with E-state index < -0.39 is 21.8 Å². The van der Waals surface area contributed by atoms with E-state index in [1.165, 1.54) is 4.31 Å². The first kappa shape index (κ1) is 16.2. The highest BCUT2D eigenvalue weighted by atomic mass is 35.5. The van der Waals surface area contributed by atoms with Gasteiger partial charge in [-0.15, -0.1) is 0 Å². The molecule has 0 radical (unpaired) electrons. The minimum Gasteiger partial charge on any atom is -0.481 e. The lowest BCUT2D eigenvalue weighted by atomic mass is 9.96. The van der Waals surface area contributed by atoms with Crippen LogP contribution in [0, 0.1) is 11.7 Å². The fraction of sp³-hybridized carbons (Fsp3) is 0.462. The van der Waals surface area contributed by atoms with E-state index in [0.29, 0.717) is 19.4 Å². The van der Waals surface area contributed by atoms with Gasteiger partial charge >= 0.3 is 5.97 Å². The van der Waals surface area contributed by atoms with Crippen LogP contribution in [-0.2, 0) is 14.8 Å². The summed E-state index contributed by atoms with van der Waals surface area (Å²) in [4.78, 5) is 10.7. The molecule has 1 saturated heterocycles. The molecule has 1 aliphatic rings. The Bertz CT molecular complexity index is 650. The first-order valence-corrected chi connectivity index (χ1v) is 8.29. The van der Waals surface area contributed by atoms with Gasteiger partial charge in [-0.2, -0.15) is 4.31 Å².